The molecule has 0 aliphatic rings. The van der Waals surface area contributed by atoms with Gasteiger partial charge in [-0.25, -0.2) is 4.98 Å². The van der Waals surface area contributed by atoms with Crippen LogP contribution in [0.3, 0.4) is 0 Å². The Hall–Kier alpha value is -0.670. The predicted octanol–water partition coefficient (Wildman–Crippen LogP) is 2.54. The Kier molecular flexibility index (Phi) is 4.72. The second-order valence-electron chi connectivity index (χ2n) is 2.97. The molecule has 0 saturated carbocycles. The minimum atomic E-state index is 0.434. The lowest BCUT2D eigenvalue weighted by Gasteiger charge is -2.06. The molecule has 0 bridgehead atoms. The lowest BCUT2D eigenvalue weighted by atomic mass is 10.3. The van der Waals surface area contributed by atoms with Gasteiger partial charge in [-0.3, -0.25) is 0 Å². The van der Waals surface area contributed by atoms with Gasteiger partial charge in [0, 0.05) is 17.6 Å². The molecule has 0 radical (unpaired) electrons. The molecule has 1 N–H and O–H groups in total. The standard InChI is InChI=1S/C10H16N2S/c1-3-6-11-9(2)4-5-10-12-7-8-13-10/h4-5,7-9,11H,3,6H2,1-2H3/b5-4+. The molecule has 72 valence electrons. The molecule has 1 unspecified atom stereocenters. The Morgan fingerprint density at radius 3 is 3.15 bits per heavy atom. The van der Waals surface area contributed by atoms with Crippen molar-refractivity contribution in [3.05, 3.63) is 22.7 Å². The van der Waals surface area contributed by atoms with Crippen molar-refractivity contribution in [2.75, 3.05) is 6.54 Å². The number of hydrogen-bond acceptors (Lipinski definition) is 3. The third-order valence-corrected chi connectivity index (χ3v) is 2.44. The molecule has 0 aliphatic carbocycles. The lowest BCUT2D eigenvalue weighted by molar-refractivity contribution is 0.625. The van der Waals surface area contributed by atoms with Gasteiger partial charge >= 0.3 is 0 Å². The van der Waals surface area contributed by atoms with Gasteiger partial charge in [0.1, 0.15) is 5.01 Å². The van der Waals surface area contributed by atoms with Crippen LogP contribution in [0, 0.1) is 0 Å². The molecule has 0 aromatic carbocycles. The van der Waals surface area contributed by atoms with Crippen molar-refractivity contribution in [2.24, 2.45) is 0 Å². The van der Waals surface area contributed by atoms with Crippen LogP contribution in [-0.2, 0) is 0 Å². The summed E-state index contributed by atoms with van der Waals surface area (Å²) in [6, 6.07) is 0.434. The van der Waals surface area contributed by atoms with E-state index < -0.39 is 0 Å². The second kappa shape index (κ2) is 5.89. The summed E-state index contributed by atoms with van der Waals surface area (Å²) >= 11 is 1.66. The molecule has 1 heterocycles. The molecular weight excluding hydrogens is 180 g/mol. The fraction of sp³-hybridized carbons (Fsp3) is 0.500. The quantitative estimate of drug-likeness (QED) is 0.783. The number of hydrogen-bond donors (Lipinski definition) is 1. The van der Waals surface area contributed by atoms with Crippen molar-refractivity contribution in [1.29, 1.82) is 0 Å². The normalized spacial score (nSPS) is 13.7. The first-order valence-corrected chi connectivity index (χ1v) is 5.52. The molecule has 1 aromatic rings. The Balaban J connectivity index is 2.31. The highest BCUT2D eigenvalue weighted by Gasteiger charge is 1.94. The van der Waals surface area contributed by atoms with Crippen molar-refractivity contribution in [2.45, 2.75) is 26.3 Å². The maximum Gasteiger partial charge on any atom is 0.115 e. The topological polar surface area (TPSA) is 24.9 Å². The maximum atomic E-state index is 4.17. The monoisotopic (exact) mass is 196 g/mol. The van der Waals surface area contributed by atoms with Crippen molar-refractivity contribution >= 4 is 17.4 Å². The van der Waals surface area contributed by atoms with E-state index in [0.29, 0.717) is 6.04 Å². The minimum absolute atomic E-state index is 0.434. The summed E-state index contributed by atoms with van der Waals surface area (Å²) in [6.07, 6.45) is 7.22. The van der Waals surface area contributed by atoms with E-state index in [1.165, 1.54) is 6.42 Å². The van der Waals surface area contributed by atoms with E-state index in [4.69, 9.17) is 0 Å². The molecule has 0 fully saturated rings. The van der Waals surface area contributed by atoms with Crippen LogP contribution in [0.15, 0.2) is 17.7 Å². The third kappa shape index (κ3) is 4.20. The summed E-state index contributed by atoms with van der Waals surface area (Å²) in [5.74, 6) is 0. The highest BCUT2D eigenvalue weighted by Crippen LogP contribution is 2.06. The molecule has 1 aromatic heterocycles. The van der Waals surface area contributed by atoms with Crippen LogP contribution in [0.4, 0.5) is 0 Å². The average Bonchev–Trinajstić information content (AvgIpc) is 2.64. The van der Waals surface area contributed by atoms with Crippen molar-refractivity contribution in [1.82, 2.24) is 10.3 Å². The fourth-order valence-electron chi connectivity index (χ4n) is 0.983. The van der Waals surface area contributed by atoms with Crippen LogP contribution in [0.25, 0.3) is 6.08 Å². The van der Waals surface area contributed by atoms with Crippen LogP contribution < -0.4 is 5.32 Å². The molecule has 2 nitrogen and oxygen atoms in total. The van der Waals surface area contributed by atoms with E-state index in [1.54, 1.807) is 11.3 Å². The number of nitrogens with one attached hydrogen (secondary N) is 1. The van der Waals surface area contributed by atoms with Gasteiger partial charge in [0.05, 0.1) is 0 Å². The van der Waals surface area contributed by atoms with E-state index in [-0.39, 0.29) is 0 Å². The van der Waals surface area contributed by atoms with Gasteiger partial charge in [0.25, 0.3) is 0 Å². The first-order chi connectivity index (χ1) is 6.33. The maximum absolute atomic E-state index is 4.17. The number of nitrogens with zero attached hydrogens (tertiary/aromatic N) is 1. The van der Waals surface area contributed by atoms with Crippen LogP contribution in [0.1, 0.15) is 25.3 Å². The molecule has 1 rings (SSSR count). The van der Waals surface area contributed by atoms with Crippen LogP contribution in [-0.4, -0.2) is 17.6 Å². The first-order valence-electron chi connectivity index (χ1n) is 4.64. The van der Waals surface area contributed by atoms with E-state index in [1.807, 2.05) is 11.6 Å². The summed E-state index contributed by atoms with van der Waals surface area (Å²) in [5, 5.41) is 6.45. The Bertz CT molecular complexity index is 241. The highest BCUT2D eigenvalue weighted by molar-refractivity contribution is 7.10. The third-order valence-electron chi connectivity index (χ3n) is 1.70. The zero-order chi connectivity index (χ0) is 9.52. The Labute approximate surface area is 83.7 Å². The molecule has 1 atom stereocenters. The van der Waals surface area contributed by atoms with Gasteiger partial charge in [-0.2, -0.15) is 0 Å². The van der Waals surface area contributed by atoms with Gasteiger partial charge < -0.3 is 5.32 Å². The Morgan fingerprint density at radius 2 is 2.54 bits per heavy atom. The van der Waals surface area contributed by atoms with Gasteiger partial charge in [-0.15, -0.1) is 11.3 Å². The summed E-state index contributed by atoms with van der Waals surface area (Å²) in [5.41, 5.74) is 0. The predicted molar refractivity (Wildman–Crippen MR) is 58.9 cm³/mol. The van der Waals surface area contributed by atoms with Crippen molar-refractivity contribution < 1.29 is 0 Å². The average molecular weight is 196 g/mol. The molecular formula is C10H16N2S. The van der Waals surface area contributed by atoms with Crippen LogP contribution in [0.5, 0.6) is 0 Å². The summed E-state index contributed by atoms with van der Waals surface area (Å²) in [7, 11) is 0. The first kappa shape index (κ1) is 10.4. The van der Waals surface area contributed by atoms with E-state index in [0.717, 1.165) is 11.6 Å². The number of aromatic nitrogens is 1. The lowest BCUT2D eigenvalue weighted by Crippen LogP contribution is -2.24. The van der Waals surface area contributed by atoms with E-state index >= 15 is 0 Å². The van der Waals surface area contributed by atoms with Crippen molar-refractivity contribution in [3.63, 3.8) is 0 Å². The summed E-state index contributed by atoms with van der Waals surface area (Å²) in [6.45, 7) is 5.40. The van der Waals surface area contributed by atoms with Gasteiger partial charge in [0.2, 0.25) is 0 Å². The van der Waals surface area contributed by atoms with Crippen LogP contribution in [0.2, 0.25) is 0 Å². The van der Waals surface area contributed by atoms with Gasteiger partial charge in [-0.1, -0.05) is 13.0 Å². The van der Waals surface area contributed by atoms with E-state index in [9.17, 15) is 0 Å². The largest absolute Gasteiger partial charge is 0.311 e. The van der Waals surface area contributed by atoms with Gasteiger partial charge in [-0.05, 0) is 26.0 Å². The molecule has 0 amide bonds. The van der Waals surface area contributed by atoms with E-state index in [2.05, 4.69) is 36.3 Å². The molecule has 0 spiro atoms. The molecule has 0 aliphatic heterocycles. The Morgan fingerprint density at radius 1 is 1.69 bits per heavy atom. The van der Waals surface area contributed by atoms with Gasteiger partial charge in [0.15, 0.2) is 0 Å². The molecule has 13 heavy (non-hydrogen) atoms. The zero-order valence-corrected chi connectivity index (χ0v) is 8.97. The van der Waals surface area contributed by atoms with Crippen molar-refractivity contribution in [3.8, 4) is 0 Å². The smallest absolute Gasteiger partial charge is 0.115 e. The molecule has 3 heteroatoms. The second-order valence-corrected chi connectivity index (χ2v) is 3.90. The summed E-state index contributed by atoms with van der Waals surface area (Å²) < 4.78 is 0. The number of rotatable bonds is 5. The highest BCUT2D eigenvalue weighted by atomic mass is 32.1. The minimum Gasteiger partial charge on any atom is -0.311 e. The molecule has 0 saturated heterocycles. The fourth-order valence-corrected chi connectivity index (χ4v) is 1.52. The van der Waals surface area contributed by atoms with Crippen LogP contribution >= 0.6 is 11.3 Å². The SMILES string of the molecule is CCCNC(C)/C=C/c1nccs1. The zero-order valence-electron chi connectivity index (χ0n) is 8.16. The summed E-state index contributed by atoms with van der Waals surface area (Å²) in [4.78, 5) is 4.17. The number of thiazole rings is 1.